The van der Waals surface area contributed by atoms with Gasteiger partial charge in [-0.2, -0.15) is 0 Å². The first-order valence-corrected chi connectivity index (χ1v) is 13.7. The molecule has 1 unspecified atom stereocenters. The van der Waals surface area contributed by atoms with Crippen molar-refractivity contribution in [3.63, 3.8) is 0 Å². The van der Waals surface area contributed by atoms with Crippen molar-refractivity contribution in [1.82, 2.24) is 10.2 Å². The molecule has 2 rings (SSSR count). The predicted molar refractivity (Wildman–Crippen MR) is 108 cm³/mol. The van der Waals surface area contributed by atoms with Crippen LogP contribution >= 0.6 is 11.8 Å². The number of nitrogens with one attached hydrogen (secondary N) is 1. The van der Waals surface area contributed by atoms with Gasteiger partial charge in [0.2, 0.25) is 14.2 Å². The number of carbonyl (C=O) groups excluding carboxylic acids is 4. The van der Waals surface area contributed by atoms with Gasteiger partial charge in [0, 0.05) is 5.57 Å². The van der Waals surface area contributed by atoms with Crippen molar-refractivity contribution >= 4 is 44.1 Å². The molecule has 0 aromatic rings. The van der Waals surface area contributed by atoms with Crippen LogP contribution in [0.2, 0.25) is 19.6 Å². The van der Waals surface area contributed by atoms with Crippen LogP contribution in [0.25, 0.3) is 0 Å². The van der Waals surface area contributed by atoms with Gasteiger partial charge < -0.3 is 25.0 Å². The summed E-state index contributed by atoms with van der Waals surface area (Å²) in [5.41, 5.74) is 5.29. The lowest BCUT2D eigenvalue weighted by Gasteiger charge is -2.47. The SMILES string of the molecule is CCCCOC(=O)NC1S[C@@H]2CC(=O)N2C(C(=O)O[Si](C)(C)C)=C1COC(N)=O. The van der Waals surface area contributed by atoms with E-state index in [1.54, 1.807) is 0 Å². The number of primary amides is 1. The summed E-state index contributed by atoms with van der Waals surface area (Å²) in [4.78, 5) is 49.7. The highest BCUT2D eigenvalue weighted by atomic mass is 32.2. The first-order chi connectivity index (χ1) is 13.5. The number of amides is 3. The van der Waals surface area contributed by atoms with Crippen LogP contribution in [-0.4, -0.2) is 61.2 Å². The molecule has 2 aliphatic heterocycles. The highest BCUT2D eigenvalue weighted by Gasteiger charge is 2.50. The number of carbonyl (C=O) groups is 4. The molecule has 162 valence electrons. The van der Waals surface area contributed by atoms with Gasteiger partial charge in [-0.3, -0.25) is 9.69 Å². The number of fused-ring (bicyclic) bond motifs is 1. The fourth-order valence-corrected chi connectivity index (χ4v) is 4.77. The average molecular weight is 446 g/mol. The van der Waals surface area contributed by atoms with E-state index in [-0.39, 0.29) is 42.2 Å². The predicted octanol–water partition coefficient (Wildman–Crippen LogP) is 1.87. The highest BCUT2D eigenvalue weighted by molar-refractivity contribution is 8.00. The summed E-state index contributed by atoms with van der Waals surface area (Å²) in [5, 5.41) is 1.61. The van der Waals surface area contributed by atoms with Crippen molar-refractivity contribution < 1.29 is 33.1 Å². The number of nitrogens with zero attached hydrogens (tertiary/aromatic N) is 1. The maximum Gasteiger partial charge on any atom is 0.408 e. The van der Waals surface area contributed by atoms with Gasteiger partial charge in [0.15, 0.2) is 0 Å². The second kappa shape index (κ2) is 9.52. The summed E-state index contributed by atoms with van der Waals surface area (Å²) in [7, 11) is -2.28. The van der Waals surface area contributed by atoms with Crippen LogP contribution in [0.15, 0.2) is 11.3 Å². The van der Waals surface area contributed by atoms with E-state index in [4.69, 9.17) is 19.6 Å². The van der Waals surface area contributed by atoms with Crippen LogP contribution in [0.4, 0.5) is 9.59 Å². The van der Waals surface area contributed by atoms with Crippen LogP contribution < -0.4 is 11.1 Å². The van der Waals surface area contributed by atoms with E-state index in [0.717, 1.165) is 12.8 Å². The maximum absolute atomic E-state index is 12.9. The molecule has 2 aliphatic rings. The van der Waals surface area contributed by atoms with Crippen molar-refractivity contribution in [2.75, 3.05) is 13.2 Å². The topological polar surface area (TPSA) is 137 Å². The number of rotatable bonds is 8. The molecule has 29 heavy (non-hydrogen) atoms. The Kier molecular flexibility index (Phi) is 7.58. The summed E-state index contributed by atoms with van der Waals surface area (Å²) in [6, 6.07) is 0. The molecular formula is C17H27N3O7SSi. The normalized spacial score (nSPS) is 21.1. The van der Waals surface area contributed by atoms with Crippen LogP contribution in [0.5, 0.6) is 0 Å². The second-order valence-electron chi connectivity index (χ2n) is 7.56. The Bertz CT molecular complexity index is 722. The van der Waals surface area contributed by atoms with Crippen molar-refractivity contribution in [2.24, 2.45) is 5.73 Å². The van der Waals surface area contributed by atoms with Gasteiger partial charge in [-0.25, -0.2) is 14.4 Å². The van der Waals surface area contributed by atoms with E-state index in [1.807, 2.05) is 26.6 Å². The molecular weight excluding hydrogens is 418 g/mol. The number of thioether (sulfide) groups is 1. The maximum atomic E-state index is 12.9. The number of hydrogen-bond donors (Lipinski definition) is 2. The molecule has 2 atom stereocenters. The van der Waals surface area contributed by atoms with Crippen molar-refractivity contribution in [1.29, 1.82) is 0 Å². The van der Waals surface area contributed by atoms with Crippen LogP contribution in [0.3, 0.4) is 0 Å². The van der Waals surface area contributed by atoms with Crippen LogP contribution in [0.1, 0.15) is 26.2 Å². The minimum absolute atomic E-state index is 0.00691. The molecule has 12 heteroatoms. The summed E-state index contributed by atoms with van der Waals surface area (Å²) >= 11 is 1.26. The van der Waals surface area contributed by atoms with Gasteiger partial charge in [0.25, 0.3) is 0 Å². The van der Waals surface area contributed by atoms with Gasteiger partial charge in [-0.15, -0.1) is 11.8 Å². The highest BCUT2D eigenvalue weighted by Crippen LogP contribution is 2.43. The van der Waals surface area contributed by atoms with Gasteiger partial charge >= 0.3 is 18.2 Å². The van der Waals surface area contributed by atoms with Crippen molar-refractivity contribution in [2.45, 2.75) is 56.6 Å². The number of unbranched alkanes of at least 4 members (excludes halogenated alkanes) is 1. The lowest BCUT2D eigenvalue weighted by Crippen LogP contribution is -2.58. The molecule has 0 spiro atoms. The first-order valence-electron chi connectivity index (χ1n) is 9.33. The quantitative estimate of drug-likeness (QED) is 0.328. The van der Waals surface area contributed by atoms with E-state index in [0.29, 0.717) is 0 Å². The molecule has 0 bridgehead atoms. The molecule has 3 amide bonds. The summed E-state index contributed by atoms with van der Waals surface area (Å²) in [6.45, 7) is 7.36. The fraction of sp³-hybridized carbons (Fsp3) is 0.647. The van der Waals surface area contributed by atoms with E-state index in [2.05, 4.69) is 5.32 Å². The molecule has 10 nitrogen and oxygen atoms in total. The van der Waals surface area contributed by atoms with Gasteiger partial charge in [0.1, 0.15) is 17.7 Å². The molecule has 1 saturated heterocycles. The molecule has 2 heterocycles. The Morgan fingerprint density at radius 2 is 1.97 bits per heavy atom. The smallest absolute Gasteiger partial charge is 0.408 e. The van der Waals surface area contributed by atoms with E-state index in [9.17, 15) is 19.2 Å². The van der Waals surface area contributed by atoms with Gasteiger partial charge in [0.05, 0.1) is 18.4 Å². The molecule has 0 aliphatic carbocycles. The average Bonchev–Trinajstić information content (AvgIpc) is 2.58. The lowest BCUT2D eigenvalue weighted by atomic mass is 10.1. The monoisotopic (exact) mass is 445 g/mol. The zero-order chi connectivity index (χ0) is 21.8. The molecule has 0 aromatic carbocycles. The Morgan fingerprint density at radius 3 is 2.52 bits per heavy atom. The fourth-order valence-electron chi connectivity index (χ4n) is 2.71. The largest absolute Gasteiger partial charge is 0.515 e. The van der Waals surface area contributed by atoms with Gasteiger partial charge in [-0.05, 0) is 26.1 Å². The summed E-state index contributed by atoms with van der Waals surface area (Å²) in [5.74, 6) is -0.928. The molecule has 1 fully saturated rings. The summed E-state index contributed by atoms with van der Waals surface area (Å²) in [6.07, 6.45) is 0.111. The molecule has 0 saturated carbocycles. The Balaban J connectivity index is 2.33. The molecule has 0 radical (unpaired) electrons. The first kappa shape index (κ1) is 23.1. The van der Waals surface area contributed by atoms with Crippen molar-refractivity contribution in [3.05, 3.63) is 11.3 Å². The van der Waals surface area contributed by atoms with E-state index >= 15 is 0 Å². The van der Waals surface area contributed by atoms with Gasteiger partial charge in [-0.1, -0.05) is 13.3 Å². The second-order valence-corrected chi connectivity index (χ2v) is 13.3. The zero-order valence-corrected chi connectivity index (χ0v) is 18.8. The minimum atomic E-state index is -2.28. The molecule has 3 N–H and O–H groups in total. The van der Waals surface area contributed by atoms with Crippen LogP contribution in [-0.2, 0) is 23.5 Å². The number of hydrogen-bond acceptors (Lipinski definition) is 8. The number of alkyl carbamates (subject to hydrolysis) is 1. The Morgan fingerprint density at radius 1 is 1.28 bits per heavy atom. The Hall–Kier alpha value is -2.21. The van der Waals surface area contributed by atoms with E-state index in [1.165, 1.54) is 16.7 Å². The number of nitrogens with two attached hydrogens (primary N) is 1. The number of β-lactam (4-membered cyclic amide) rings is 1. The molecule has 0 aromatic heterocycles. The minimum Gasteiger partial charge on any atom is -0.515 e. The lowest BCUT2D eigenvalue weighted by molar-refractivity contribution is -0.145. The third kappa shape index (κ3) is 6.13. The number of ether oxygens (including phenoxy) is 2. The standard InChI is InChI=1S/C17H27N3O7SSi/c1-5-6-7-25-17(24)19-14-10(9-26-16(18)23)13(15(22)27-29(2,3)4)20-11(21)8-12(20)28-14/h12,14H,5-9H2,1-4H3,(H2,18,23)(H,19,24)/t12-,14?/m1/s1. The Labute approximate surface area is 174 Å². The van der Waals surface area contributed by atoms with Crippen molar-refractivity contribution in [3.8, 4) is 0 Å². The third-order valence-corrected chi connectivity index (χ3v) is 6.17. The zero-order valence-electron chi connectivity index (χ0n) is 17.0. The summed E-state index contributed by atoms with van der Waals surface area (Å²) < 4.78 is 15.6. The third-order valence-electron chi connectivity index (χ3n) is 4.00. The van der Waals surface area contributed by atoms with E-state index < -0.39 is 31.8 Å². The van der Waals surface area contributed by atoms with Crippen LogP contribution in [0, 0.1) is 0 Å².